The van der Waals surface area contributed by atoms with Gasteiger partial charge in [-0.15, -0.1) is 0 Å². The van der Waals surface area contributed by atoms with Crippen LogP contribution in [0.1, 0.15) is 0 Å². The number of nitrogens with two attached hydrogens (primary N) is 1. The highest BCUT2D eigenvalue weighted by atomic mass is 16.3. The second kappa shape index (κ2) is 5.11. The third kappa shape index (κ3) is 2.24. The Balaban J connectivity index is 1.98. The van der Waals surface area contributed by atoms with E-state index < -0.39 is 0 Å². The molecule has 0 aliphatic heterocycles. The van der Waals surface area contributed by atoms with Crippen LogP contribution >= 0.6 is 0 Å². The van der Waals surface area contributed by atoms with Crippen molar-refractivity contribution in [1.82, 2.24) is 0 Å². The predicted molar refractivity (Wildman–Crippen MR) is 80.6 cm³/mol. The maximum Gasteiger partial charge on any atom is 0.164 e. The molecule has 0 aromatic heterocycles. The molecule has 2 aromatic carbocycles. The summed E-state index contributed by atoms with van der Waals surface area (Å²) in [5, 5.41) is 23.7. The van der Waals surface area contributed by atoms with E-state index in [-0.39, 0.29) is 5.75 Å². The number of phenols is 1. The molecule has 0 radical (unpaired) electrons. The lowest BCUT2D eigenvalue weighted by Gasteiger charge is -2.05. The number of fused-ring (bicyclic) bond motifs is 1. The highest BCUT2D eigenvalue weighted by Crippen LogP contribution is 2.27. The van der Waals surface area contributed by atoms with Crippen LogP contribution in [0.2, 0.25) is 0 Å². The first kappa shape index (κ1) is 12.3. The van der Waals surface area contributed by atoms with E-state index in [2.05, 4.69) is 5.10 Å². The minimum Gasteiger partial charge on any atom is -0.507 e. The summed E-state index contributed by atoms with van der Waals surface area (Å²) >= 11 is 0. The molecule has 3 rings (SSSR count). The van der Waals surface area contributed by atoms with Crippen molar-refractivity contribution in [3.8, 4) is 5.75 Å². The van der Waals surface area contributed by atoms with E-state index in [1.54, 1.807) is 23.6 Å². The maximum atomic E-state index is 9.85. The van der Waals surface area contributed by atoms with Gasteiger partial charge >= 0.3 is 0 Å². The minimum absolute atomic E-state index is 0.263. The summed E-state index contributed by atoms with van der Waals surface area (Å²) in [5.41, 5.74) is 3.67. The van der Waals surface area contributed by atoms with Crippen molar-refractivity contribution in [2.75, 3.05) is 0 Å². The fourth-order valence-electron chi connectivity index (χ4n) is 2.14. The van der Waals surface area contributed by atoms with Crippen LogP contribution in [-0.4, -0.2) is 16.5 Å². The van der Waals surface area contributed by atoms with Gasteiger partial charge in [0.25, 0.3) is 0 Å². The quantitative estimate of drug-likeness (QED) is 0.251. The number of allylic oxidation sites excluding steroid dienone is 4. The van der Waals surface area contributed by atoms with Crippen molar-refractivity contribution >= 4 is 27.9 Å². The third-order valence-electron chi connectivity index (χ3n) is 3.18. The van der Waals surface area contributed by atoms with E-state index in [0.717, 1.165) is 16.5 Å². The lowest BCUT2D eigenvalue weighted by molar-refractivity contribution is -0.575. The molecular weight excluding hydrogens is 250 g/mol. The first-order valence-corrected chi connectivity index (χ1v) is 6.31. The van der Waals surface area contributed by atoms with E-state index in [9.17, 15) is 5.11 Å². The summed E-state index contributed by atoms with van der Waals surface area (Å²) in [5.74, 6) is 0.263. The molecule has 0 spiro atoms. The summed E-state index contributed by atoms with van der Waals surface area (Å²) in [7, 11) is 0. The normalized spacial score (nSPS) is 16.2. The number of phenolic OH excluding ortho intramolecular Hbond substituents is 1. The van der Waals surface area contributed by atoms with E-state index in [1.807, 2.05) is 42.5 Å². The van der Waals surface area contributed by atoms with Crippen molar-refractivity contribution < 1.29 is 10.5 Å². The molecule has 0 saturated carbocycles. The molecule has 20 heavy (non-hydrogen) atoms. The summed E-state index contributed by atoms with van der Waals surface area (Å²) in [6.45, 7) is 0. The average Bonchev–Trinajstić information content (AvgIpc) is 2.48. The molecular formula is C16H14N3O+. The van der Waals surface area contributed by atoms with E-state index in [1.165, 1.54) is 0 Å². The van der Waals surface area contributed by atoms with Crippen LogP contribution < -0.4 is 5.43 Å². The SMILES string of the molecule is N=C1C=CC=C/C1=N/[NH2+]c1ccc(O)c2ccccc12. The molecule has 0 fully saturated rings. The topological polar surface area (TPSA) is 73.0 Å². The molecule has 0 unspecified atom stereocenters. The first-order valence-electron chi connectivity index (χ1n) is 6.31. The van der Waals surface area contributed by atoms with Gasteiger partial charge in [0, 0.05) is 16.8 Å². The minimum atomic E-state index is 0.263. The van der Waals surface area contributed by atoms with Gasteiger partial charge in [-0.1, -0.05) is 35.5 Å². The number of quaternary nitrogens is 1. The number of nitrogens with one attached hydrogen (secondary N) is 1. The number of nitrogens with zero attached hydrogens (tertiary/aromatic N) is 1. The standard InChI is InChI=1S/C16H13N3O/c17-13-7-3-4-8-15(13)19-18-14-9-10-16(20)12-6-2-1-5-11(12)14/h1-10,17-18,20H/p+1/b17-13?,19-15-. The lowest BCUT2D eigenvalue weighted by Crippen LogP contribution is -2.72. The van der Waals surface area contributed by atoms with Crippen molar-refractivity contribution in [3.05, 3.63) is 60.7 Å². The van der Waals surface area contributed by atoms with Gasteiger partial charge in [-0.2, -0.15) is 5.43 Å². The Labute approximate surface area is 116 Å². The Kier molecular flexibility index (Phi) is 3.15. The molecule has 0 atom stereocenters. The van der Waals surface area contributed by atoms with Crippen molar-refractivity contribution in [3.63, 3.8) is 0 Å². The molecule has 0 bridgehead atoms. The Bertz CT molecular complexity index is 772. The van der Waals surface area contributed by atoms with Crippen LogP contribution in [0.25, 0.3) is 10.8 Å². The first-order chi connectivity index (χ1) is 9.75. The molecule has 1 aliphatic rings. The predicted octanol–water partition coefficient (Wildman–Crippen LogP) is 2.24. The Morgan fingerprint density at radius 2 is 1.70 bits per heavy atom. The van der Waals surface area contributed by atoms with Crippen molar-refractivity contribution in [1.29, 1.82) is 5.41 Å². The summed E-state index contributed by atoms with van der Waals surface area (Å²) < 4.78 is 0. The summed E-state index contributed by atoms with van der Waals surface area (Å²) in [6, 6.07) is 11.1. The monoisotopic (exact) mass is 264 g/mol. The van der Waals surface area contributed by atoms with Crippen LogP contribution in [0.15, 0.2) is 65.8 Å². The van der Waals surface area contributed by atoms with Gasteiger partial charge in [0.2, 0.25) is 0 Å². The number of benzene rings is 2. The lowest BCUT2D eigenvalue weighted by atomic mass is 10.1. The van der Waals surface area contributed by atoms with Gasteiger partial charge in [-0.05, 0) is 24.3 Å². The van der Waals surface area contributed by atoms with E-state index >= 15 is 0 Å². The molecule has 98 valence electrons. The molecule has 0 heterocycles. The summed E-state index contributed by atoms with van der Waals surface area (Å²) in [6.07, 6.45) is 7.19. The number of aromatic hydroxyl groups is 1. The zero-order valence-electron chi connectivity index (χ0n) is 10.7. The molecule has 4 nitrogen and oxygen atoms in total. The largest absolute Gasteiger partial charge is 0.507 e. The van der Waals surface area contributed by atoms with Gasteiger partial charge in [-0.3, -0.25) is 5.41 Å². The van der Waals surface area contributed by atoms with Crippen LogP contribution in [0.3, 0.4) is 0 Å². The Morgan fingerprint density at radius 3 is 2.50 bits per heavy atom. The van der Waals surface area contributed by atoms with Gasteiger partial charge in [-0.25, -0.2) is 0 Å². The molecule has 4 N–H and O–H groups in total. The second-order valence-corrected chi connectivity index (χ2v) is 4.49. The summed E-state index contributed by atoms with van der Waals surface area (Å²) in [4.78, 5) is 0. The fourth-order valence-corrected chi connectivity index (χ4v) is 2.14. The number of hydrogen-bond acceptors (Lipinski definition) is 3. The van der Waals surface area contributed by atoms with Crippen LogP contribution in [0.4, 0.5) is 5.69 Å². The van der Waals surface area contributed by atoms with Crippen molar-refractivity contribution in [2.24, 2.45) is 5.10 Å². The number of hydrogen-bond donors (Lipinski definition) is 3. The number of rotatable bonds is 2. The van der Waals surface area contributed by atoms with Crippen LogP contribution in [0, 0.1) is 5.41 Å². The zero-order valence-corrected chi connectivity index (χ0v) is 10.7. The van der Waals surface area contributed by atoms with Gasteiger partial charge < -0.3 is 5.11 Å². The highest BCUT2D eigenvalue weighted by Gasteiger charge is 2.09. The molecule has 2 aromatic rings. The smallest absolute Gasteiger partial charge is 0.164 e. The molecule has 0 saturated heterocycles. The maximum absolute atomic E-state index is 9.85. The van der Waals surface area contributed by atoms with Crippen LogP contribution in [-0.2, 0) is 0 Å². The second-order valence-electron chi connectivity index (χ2n) is 4.49. The van der Waals surface area contributed by atoms with E-state index in [0.29, 0.717) is 11.4 Å². The molecule has 4 heteroatoms. The van der Waals surface area contributed by atoms with Crippen molar-refractivity contribution in [2.45, 2.75) is 0 Å². The van der Waals surface area contributed by atoms with E-state index in [4.69, 9.17) is 5.41 Å². The fraction of sp³-hybridized carbons (Fsp3) is 0. The van der Waals surface area contributed by atoms with Gasteiger partial charge in [0.05, 0.1) is 5.71 Å². The Morgan fingerprint density at radius 1 is 0.950 bits per heavy atom. The highest BCUT2D eigenvalue weighted by molar-refractivity contribution is 6.49. The third-order valence-corrected chi connectivity index (χ3v) is 3.18. The van der Waals surface area contributed by atoms with Crippen LogP contribution in [0.5, 0.6) is 5.75 Å². The van der Waals surface area contributed by atoms with Gasteiger partial charge in [0.1, 0.15) is 11.5 Å². The average molecular weight is 264 g/mol. The molecule has 1 aliphatic carbocycles. The molecule has 0 amide bonds. The van der Waals surface area contributed by atoms with Gasteiger partial charge in [0.15, 0.2) is 5.69 Å². The zero-order chi connectivity index (χ0) is 13.9. The Hall–Kier alpha value is -2.72.